The van der Waals surface area contributed by atoms with E-state index in [4.69, 9.17) is 0 Å². The maximum atomic E-state index is 10.9. The number of pyridine rings is 1. The van der Waals surface area contributed by atoms with Gasteiger partial charge in [-0.2, -0.15) is 0 Å². The third-order valence-electron chi connectivity index (χ3n) is 4.48. The van der Waals surface area contributed by atoms with E-state index in [2.05, 4.69) is 21.4 Å². The zero-order valence-corrected chi connectivity index (χ0v) is 14.1. The van der Waals surface area contributed by atoms with Crippen molar-refractivity contribution >= 4 is 11.3 Å². The first kappa shape index (κ1) is 15.4. The first-order chi connectivity index (χ1) is 11.7. The minimum absolute atomic E-state index is 0.556. The van der Waals surface area contributed by atoms with Crippen LogP contribution >= 0.6 is 11.3 Å². The summed E-state index contributed by atoms with van der Waals surface area (Å²) < 4.78 is 0. The van der Waals surface area contributed by atoms with E-state index in [1.807, 2.05) is 42.6 Å². The maximum Gasteiger partial charge on any atom is 0.142 e. The molecule has 0 radical (unpaired) electrons. The summed E-state index contributed by atoms with van der Waals surface area (Å²) in [5.41, 5.74) is 2.47. The molecule has 4 rings (SSSR count). The molecule has 0 saturated carbocycles. The van der Waals surface area contributed by atoms with Crippen LogP contribution in [0.5, 0.6) is 0 Å². The highest BCUT2D eigenvalue weighted by Crippen LogP contribution is 2.36. The van der Waals surface area contributed by atoms with E-state index >= 15 is 0 Å². The van der Waals surface area contributed by atoms with Crippen LogP contribution in [0.25, 0.3) is 10.7 Å². The predicted octanol–water partition coefficient (Wildman–Crippen LogP) is 3.13. The average molecular weight is 337 g/mol. The fraction of sp³-hybridized carbons (Fsp3) is 0.263. The molecule has 2 N–H and O–H groups in total. The summed E-state index contributed by atoms with van der Waals surface area (Å²) in [5, 5.41) is 15.2. The zero-order chi connectivity index (χ0) is 16.4. The Morgan fingerprint density at radius 1 is 1.12 bits per heavy atom. The number of aryl methyl sites for hydroxylation is 1. The molecule has 0 saturated heterocycles. The number of hydrogen-bond acceptors (Lipinski definition) is 5. The molecule has 2 aromatic heterocycles. The third-order valence-corrected chi connectivity index (χ3v) is 5.50. The van der Waals surface area contributed by atoms with Crippen LogP contribution in [0.4, 0.5) is 0 Å². The normalized spacial score (nSPS) is 19.4. The molecule has 2 heterocycles. The number of benzene rings is 1. The van der Waals surface area contributed by atoms with Gasteiger partial charge in [0.2, 0.25) is 0 Å². The van der Waals surface area contributed by atoms with Gasteiger partial charge >= 0.3 is 0 Å². The molecular formula is C19H19N3OS. The van der Waals surface area contributed by atoms with Crippen LogP contribution in [-0.4, -0.2) is 21.6 Å². The molecule has 1 unspecified atom stereocenters. The van der Waals surface area contributed by atoms with Gasteiger partial charge in [0, 0.05) is 30.4 Å². The average Bonchev–Trinajstić information content (AvgIpc) is 3.22. The molecule has 1 atom stereocenters. The van der Waals surface area contributed by atoms with Gasteiger partial charge in [0.25, 0.3) is 0 Å². The molecule has 1 aromatic carbocycles. The number of hydrogen-bond donors (Lipinski definition) is 2. The van der Waals surface area contributed by atoms with Crippen molar-refractivity contribution in [2.45, 2.75) is 25.0 Å². The van der Waals surface area contributed by atoms with Crippen LogP contribution in [0.2, 0.25) is 0 Å². The van der Waals surface area contributed by atoms with Crippen molar-refractivity contribution in [3.63, 3.8) is 0 Å². The number of nitrogens with zero attached hydrogens (tertiary/aromatic N) is 2. The predicted molar refractivity (Wildman–Crippen MR) is 95.7 cm³/mol. The third kappa shape index (κ3) is 2.98. The van der Waals surface area contributed by atoms with Gasteiger partial charge in [-0.3, -0.25) is 4.98 Å². The SMILES string of the molecule is OC1(CNCc2cnc(-c3ccccn3)s2)CCc2ccccc21. The molecule has 3 aromatic rings. The van der Waals surface area contributed by atoms with Crippen LogP contribution in [0.1, 0.15) is 22.4 Å². The van der Waals surface area contributed by atoms with Gasteiger partial charge < -0.3 is 10.4 Å². The van der Waals surface area contributed by atoms with Crippen molar-refractivity contribution in [2.24, 2.45) is 0 Å². The monoisotopic (exact) mass is 337 g/mol. The smallest absolute Gasteiger partial charge is 0.142 e. The summed E-state index contributed by atoms with van der Waals surface area (Å²) in [6.07, 6.45) is 5.38. The minimum Gasteiger partial charge on any atom is -0.384 e. The van der Waals surface area contributed by atoms with E-state index < -0.39 is 5.60 Å². The van der Waals surface area contributed by atoms with Gasteiger partial charge in [-0.15, -0.1) is 11.3 Å². The topological polar surface area (TPSA) is 58.0 Å². The summed E-state index contributed by atoms with van der Waals surface area (Å²) in [5.74, 6) is 0. The highest BCUT2D eigenvalue weighted by Gasteiger charge is 2.35. The van der Waals surface area contributed by atoms with Gasteiger partial charge in [0.05, 0.1) is 5.69 Å². The van der Waals surface area contributed by atoms with E-state index in [0.29, 0.717) is 13.1 Å². The van der Waals surface area contributed by atoms with Crippen molar-refractivity contribution in [3.05, 3.63) is 70.9 Å². The minimum atomic E-state index is -0.759. The highest BCUT2D eigenvalue weighted by atomic mass is 32.1. The maximum absolute atomic E-state index is 10.9. The fourth-order valence-corrected chi connectivity index (χ4v) is 4.10. The van der Waals surface area contributed by atoms with Crippen LogP contribution < -0.4 is 5.32 Å². The summed E-state index contributed by atoms with van der Waals surface area (Å²) >= 11 is 1.64. The molecule has 4 nitrogen and oxygen atoms in total. The molecule has 0 amide bonds. The zero-order valence-electron chi connectivity index (χ0n) is 13.3. The lowest BCUT2D eigenvalue weighted by Gasteiger charge is -2.24. The van der Waals surface area contributed by atoms with Crippen molar-refractivity contribution in [2.75, 3.05) is 6.54 Å². The number of rotatable bonds is 5. The van der Waals surface area contributed by atoms with E-state index in [1.165, 1.54) is 5.56 Å². The second kappa shape index (κ2) is 6.43. The molecule has 122 valence electrons. The van der Waals surface area contributed by atoms with Gasteiger partial charge in [-0.1, -0.05) is 30.3 Å². The van der Waals surface area contributed by atoms with Crippen molar-refractivity contribution in [3.8, 4) is 10.7 Å². The lowest BCUT2D eigenvalue weighted by molar-refractivity contribution is 0.0385. The van der Waals surface area contributed by atoms with E-state index in [1.54, 1.807) is 17.5 Å². The molecule has 0 aliphatic heterocycles. The van der Waals surface area contributed by atoms with Crippen LogP contribution in [0, 0.1) is 0 Å². The lowest BCUT2D eigenvalue weighted by atomic mass is 9.96. The number of aromatic nitrogens is 2. The van der Waals surface area contributed by atoms with E-state index in [-0.39, 0.29) is 0 Å². The lowest BCUT2D eigenvalue weighted by Crippen LogP contribution is -2.35. The second-order valence-electron chi connectivity index (χ2n) is 6.14. The first-order valence-electron chi connectivity index (χ1n) is 8.12. The quantitative estimate of drug-likeness (QED) is 0.751. The standard InChI is InChI=1S/C19H19N3OS/c23-19(9-8-14-5-1-2-6-16(14)19)13-20-11-15-12-22-18(24-15)17-7-3-4-10-21-17/h1-7,10,12,20,23H,8-9,11,13H2. The van der Waals surface area contributed by atoms with Crippen LogP contribution in [-0.2, 0) is 18.6 Å². The first-order valence-corrected chi connectivity index (χ1v) is 8.94. The molecular weight excluding hydrogens is 318 g/mol. The van der Waals surface area contributed by atoms with Gasteiger partial charge in [-0.05, 0) is 36.1 Å². The Labute approximate surface area is 145 Å². The molecule has 1 aliphatic rings. The van der Waals surface area contributed by atoms with Gasteiger partial charge in [0.1, 0.15) is 10.6 Å². The van der Waals surface area contributed by atoms with E-state index in [9.17, 15) is 5.11 Å². The van der Waals surface area contributed by atoms with E-state index in [0.717, 1.165) is 34.0 Å². The summed E-state index contributed by atoms with van der Waals surface area (Å²) in [6.45, 7) is 1.26. The molecule has 24 heavy (non-hydrogen) atoms. The Hall–Kier alpha value is -2.08. The number of fused-ring (bicyclic) bond motifs is 1. The Balaban J connectivity index is 1.39. The molecule has 1 aliphatic carbocycles. The van der Waals surface area contributed by atoms with Gasteiger partial charge in [-0.25, -0.2) is 4.98 Å². The van der Waals surface area contributed by atoms with Crippen molar-refractivity contribution < 1.29 is 5.11 Å². The highest BCUT2D eigenvalue weighted by molar-refractivity contribution is 7.14. The van der Waals surface area contributed by atoms with Crippen LogP contribution in [0.15, 0.2) is 54.9 Å². The Morgan fingerprint density at radius 3 is 2.88 bits per heavy atom. The molecule has 5 heteroatoms. The molecule has 0 bridgehead atoms. The second-order valence-corrected chi connectivity index (χ2v) is 7.25. The summed E-state index contributed by atoms with van der Waals surface area (Å²) in [7, 11) is 0. The van der Waals surface area contributed by atoms with Crippen molar-refractivity contribution in [1.29, 1.82) is 0 Å². The number of nitrogens with one attached hydrogen (secondary N) is 1. The van der Waals surface area contributed by atoms with Crippen molar-refractivity contribution in [1.82, 2.24) is 15.3 Å². The summed E-state index contributed by atoms with van der Waals surface area (Å²) in [4.78, 5) is 9.92. The number of thiazole rings is 1. The molecule has 0 fully saturated rings. The van der Waals surface area contributed by atoms with Gasteiger partial charge in [0.15, 0.2) is 0 Å². The Kier molecular flexibility index (Phi) is 4.14. The Morgan fingerprint density at radius 2 is 2.00 bits per heavy atom. The summed E-state index contributed by atoms with van der Waals surface area (Å²) in [6, 6.07) is 14.0. The largest absolute Gasteiger partial charge is 0.384 e. The number of aliphatic hydroxyl groups is 1. The van der Waals surface area contributed by atoms with Crippen LogP contribution in [0.3, 0.4) is 0 Å². The fourth-order valence-electron chi connectivity index (χ4n) is 3.24. The Bertz CT molecular complexity index is 833. The molecule has 0 spiro atoms.